The Kier molecular flexibility index (Phi) is 6.51. The summed E-state index contributed by atoms with van der Waals surface area (Å²) < 4.78 is 3.22. The standard InChI is InChI=1S/C19H16BrN3.CO2/c1-13-9-15(14-3-6-18(22-2)7-4-14)11-23(13)12-16-10-17(20)5-8-19(16)21;2-1-3/h3-11H,12,21H2,1H3;. The largest absolute Gasteiger partial charge is 0.398 e. The lowest BCUT2D eigenvalue weighted by Crippen LogP contribution is -2.03. The third kappa shape index (κ3) is 4.70. The molecule has 1 aromatic heterocycles. The Hall–Kier alpha value is -3.13. The van der Waals surface area contributed by atoms with Gasteiger partial charge in [0.2, 0.25) is 0 Å². The van der Waals surface area contributed by atoms with Crippen LogP contribution in [0.5, 0.6) is 0 Å². The summed E-state index contributed by atoms with van der Waals surface area (Å²) in [4.78, 5) is 19.7. The fourth-order valence-electron chi connectivity index (χ4n) is 2.57. The summed E-state index contributed by atoms with van der Waals surface area (Å²) in [6, 6.07) is 15.7. The van der Waals surface area contributed by atoms with Crippen LogP contribution in [-0.4, -0.2) is 10.7 Å². The third-order valence-electron chi connectivity index (χ3n) is 3.89. The van der Waals surface area contributed by atoms with E-state index in [1.54, 1.807) is 0 Å². The van der Waals surface area contributed by atoms with Crippen LogP contribution in [0.25, 0.3) is 16.0 Å². The second-order valence-electron chi connectivity index (χ2n) is 5.58. The monoisotopic (exact) mass is 409 g/mol. The second kappa shape index (κ2) is 8.82. The Morgan fingerprint density at radius 1 is 1.12 bits per heavy atom. The van der Waals surface area contributed by atoms with Gasteiger partial charge < -0.3 is 10.3 Å². The number of nitrogens with two attached hydrogens (primary N) is 1. The van der Waals surface area contributed by atoms with Gasteiger partial charge in [-0.25, -0.2) is 4.85 Å². The van der Waals surface area contributed by atoms with Crippen molar-refractivity contribution in [2.75, 3.05) is 5.73 Å². The van der Waals surface area contributed by atoms with Gasteiger partial charge in [-0.1, -0.05) is 40.2 Å². The lowest BCUT2D eigenvalue weighted by Gasteiger charge is -2.09. The van der Waals surface area contributed by atoms with Crippen LogP contribution < -0.4 is 5.73 Å². The van der Waals surface area contributed by atoms with Gasteiger partial charge in [0.05, 0.1) is 6.57 Å². The number of anilines is 1. The quantitative estimate of drug-likeness (QED) is 0.497. The summed E-state index contributed by atoms with van der Waals surface area (Å²) in [5.41, 5.74) is 12.1. The first-order valence-electron chi connectivity index (χ1n) is 7.66. The van der Waals surface area contributed by atoms with E-state index in [4.69, 9.17) is 21.9 Å². The fourth-order valence-corrected chi connectivity index (χ4v) is 2.97. The van der Waals surface area contributed by atoms with E-state index in [1.165, 1.54) is 5.69 Å². The van der Waals surface area contributed by atoms with E-state index < -0.39 is 0 Å². The molecule has 0 spiro atoms. The molecule has 5 nitrogen and oxygen atoms in total. The molecule has 130 valence electrons. The normalized spacial score (nSPS) is 9.58. The zero-order valence-electron chi connectivity index (χ0n) is 14.1. The summed E-state index contributed by atoms with van der Waals surface area (Å²) in [6.45, 7) is 9.85. The summed E-state index contributed by atoms with van der Waals surface area (Å²) in [7, 11) is 0. The molecular formula is C20H16BrN3O2. The summed E-state index contributed by atoms with van der Waals surface area (Å²) in [5.74, 6) is 0. The van der Waals surface area contributed by atoms with E-state index >= 15 is 0 Å². The number of carbonyl (C=O) groups excluding carboxylic acids is 2. The van der Waals surface area contributed by atoms with Crippen molar-refractivity contribution in [1.82, 2.24) is 4.57 Å². The van der Waals surface area contributed by atoms with Crippen molar-refractivity contribution in [2.45, 2.75) is 13.5 Å². The predicted molar refractivity (Wildman–Crippen MR) is 104 cm³/mol. The van der Waals surface area contributed by atoms with Gasteiger partial charge >= 0.3 is 6.15 Å². The van der Waals surface area contributed by atoms with Crippen LogP contribution >= 0.6 is 15.9 Å². The highest BCUT2D eigenvalue weighted by atomic mass is 79.9. The number of halogens is 1. The molecule has 0 bridgehead atoms. The highest BCUT2D eigenvalue weighted by Crippen LogP contribution is 2.26. The van der Waals surface area contributed by atoms with Gasteiger partial charge in [-0.3, -0.25) is 0 Å². The molecule has 0 amide bonds. The van der Waals surface area contributed by atoms with Crippen molar-refractivity contribution in [3.8, 4) is 11.1 Å². The summed E-state index contributed by atoms with van der Waals surface area (Å²) >= 11 is 3.49. The predicted octanol–water partition coefficient (Wildman–Crippen LogP) is 4.82. The Bertz CT molecular complexity index is 979. The number of nitrogen functional groups attached to an aromatic ring is 1. The maximum Gasteiger partial charge on any atom is 0.373 e. The van der Waals surface area contributed by atoms with Gasteiger partial charge in [-0.15, -0.1) is 0 Å². The molecule has 0 aliphatic carbocycles. The molecule has 3 aromatic rings. The molecule has 0 atom stereocenters. The van der Waals surface area contributed by atoms with Crippen LogP contribution in [-0.2, 0) is 16.1 Å². The Labute approximate surface area is 160 Å². The first-order chi connectivity index (χ1) is 12.5. The van der Waals surface area contributed by atoms with Crippen molar-refractivity contribution in [2.24, 2.45) is 0 Å². The van der Waals surface area contributed by atoms with E-state index in [9.17, 15) is 0 Å². The van der Waals surface area contributed by atoms with Gasteiger partial charge in [0.25, 0.3) is 0 Å². The zero-order valence-corrected chi connectivity index (χ0v) is 15.7. The van der Waals surface area contributed by atoms with Crippen molar-refractivity contribution >= 4 is 33.5 Å². The molecule has 0 aliphatic heterocycles. The van der Waals surface area contributed by atoms with Crippen molar-refractivity contribution in [3.63, 3.8) is 0 Å². The molecule has 2 N–H and O–H groups in total. The first-order valence-corrected chi connectivity index (χ1v) is 8.45. The molecule has 2 aromatic carbocycles. The molecule has 0 aliphatic rings. The minimum atomic E-state index is 0.250. The number of benzene rings is 2. The molecule has 0 saturated carbocycles. The number of aryl methyl sites for hydroxylation is 1. The van der Waals surface area contributed by atoms with Crippen molar-refractivity contribution < 1.29 is 9.59 Å². The van der Waals surface area contributed by atoms with E-state index in [1.807, 2.05) is 36.4 Å². The average molecular weight is 410 g/mol. The molecule has 1 heterocycles. The smallest absolute Gasteiger partial charge is 0.373 e. The lowest BCUT2D eigenvalue weighted by atomic mass is 10.1. The molecular weight excluding hydrogens is 394 g/mol. The van der Waals surface area contributed by atoms with E-state index in [0.717, 1.165) is 33.4 Å². The average Bonchev–Trinajstić information content (AvgIpc) is 2.99. The highest BCUT2D eigenvalue weighted by molar-refractivity contribution is 9.10. The molecule has 0 saturated heterocycles. The number of nitrogens with zero attached hydrogens (tertiary/aromatic N) is 2. The number of hydrogen-bond acceptors (Lipinski definition) is 3. The minimum Gasteiger partial charge on any atom is -0.398 e. The number of hydrogen-bond donors (Lipinski definition) is 1. The van der Waals surface area contributed by atoms with Crippen molar-refractivity contribution in [3.05, 3.63) is 81.9 Å². The Morgan fingerprint density at radius 2 is 1.77 bits per heavy atom. The van der Waals surface area contributed by atoms with Gasteiger partial charge in [0.15, 0.2) is 5.69 Å². The van der Waals surface area contributed by atoms with Crippen LogP contribution in [0.3, 0.4) is 0 Å². The third-order valence-corrected chi connectivity index (χ3v) is 4.38. The van der Waals surface area contributed by atoms with Crippen LogP contribution in [0.1, 0.15) is 11.3 Å². The molecule has 26 heavy (non-hydrogen) atoms. The zero-order chi connectivity index (χ0) is 19.1. The maximum absolute atomic E-state index is 8.12. The van der Waals surface area contributed by atoms with Gasteiger partial charge in [-0.2, -0.15) is 9.59 Å². The SMILES string of the molecule is O=C=O.[C-]#[N+]c1ccc(-c2cc(C)n(Cc3cc(Br)ccc3N)c2)cc1. The fraction of sp³-hybridized carbons (Fsp3) is 0.100. The Morgan fingerprint density at radius 3 is 2.38 bits per heavy atom. The summed E-state index contributed by atoms with van der Waals surface area (Å²) in [6.07, 6.45) is 2.38. The van der Waals surface area contributed by atoms with Crippen LogP contribution in [0.2, 0.25) is 0 Å². The van der Waals surface area contributed by atoms with Gasteiger partial charge in [0.1, 0.15) is 0 Å². The lowest BCUT2D eigenvalue weighted by molar-refractivity contribution is -0.191. The van der Waals surface area contributed by atoms with Gasteiger partial charge in [-0.05, 0) is 47.9 Å². The maximum atomic E-state index is 8.12. The number of aromatic nitrogens is 1. The minimum absolute atomic E-state index is 0.250. The van der Waals surface area contributed by atoms with E-state index in [2.05, 4.69) is 50.6 Å². The molecule has 0 fully saturated rings. The van der Waals surface area contributed by atoms with E-state index in [0.29, 0.717) is 5.69 Å². The molecule has 3 rings (SSSR count). The van der Waals surface area contributed by atoms with E-state index in [-0.39, 0.29) is 6.15 Å². The molecule has 6 heteroatoms. The van der Waals surface area contributed by atoms with Crippen LogP contribution in [0.15, 0.2) is 59.2 Å². The van der Waals surface area contributed by atoms with Crippen LogP contribution in [0, 0.1) is 13.5 Å². The van der Waals surface area contributed by atoms with Crippen molar-refractivity contribution in [1.29, 1.82) is 0 Å². The van der Waals surface area contributed by atoms with Gasteiger partial charge in [0, 0.05) is 28.6 Å². The molecule has 0 radical (unpaired) electrons. The number of rotatable bonds is 3. The first kappa shape index (κ1) is 19.2. The summed E-state index contributed by atoms with van der Waals surface area (Å²) in [5, 5.41) is 0. The van der Waals surface area contributed by atoms with Crippen LogP contribution in [0.4, 0.5) is 11.4 Å². The Balaban J connectivity index is 0.000000758. The topological polar surface area (TPSA) is 69.5 Å². The highest BCUT2D eigenvalue weighted by Gasteiger charge is 2.07. The molecule has 0 unspecified atom stereocenters. The second-order valence-corrected chi connectivity index (χ2v) is 6.50.